The van der Waals surface area contributed by atoms with E-state index in [1.165, 1.54) is 12.1 Å². The predicted molar refractivity (Wildman–Crippen MR) is 125 cm³/mol. The van der Waals surface area contributed by atoms with Crippen LogP contribution in [0.2, 0.25) is 0 Å². The van der Waals surface area contributed by atoms with E-state index in [9.17, 15) is 18.3 Å². The Kier molecular flexibility index (Phi) is 6.38. The van der Waals surface area contributed by atoms with Crippen LogP contribution in [0.5, 0.6) is 0 Å². The third-order valence-electron chi connectivity index (χ3n) is 6.07. The molecular weight excluding hydrogens is 438 g/mol. The molecule has 0 spiro atoms. The van der Waals surface area contributed by atoms with E-state index in [0.717, 1.165) is 15.4 Å². The highest BCUT2D eigenvalue weighted by Crippen LogP contribution is 2.44. The lowest BCUT2D eigenvalue weighted by molar-refractivity contribution is -0.156. The molecule has 1 aliphatic heterocycles. The first-order chi connectivity index (χ1) is 15.7. The van der Waals surface area contributed by atoms with E-state index >= 15 is 0 Å². The summed E-state index contributed by atoms with van der Waals surface area (Å²) >= 11 is 0. The van der Waals surface area contributed by atoms with Crippen molar-refractivity contribution in [2.24, 2.45) is 0 Å². The van der Waals surface area contributed by atoms with Crippen LogP contribution < -0.4 is 0 Å². The maximum Gasteiger partial charge on any atom is 0.328 e. The van der Waals surface area contributed by atoms with E-state index in [0.29, 0.717) is 5.56 Å². The quantitative estimate of drug-likeness (QED) is 0.560. The summed E-state index contributed by atoms with van der Waals surface area (Å²) in [6.45, 7) is 3.55. The number of ether oxygens (including phenoxy) is 1. The van der Waals surface area contributed by atoms with Gasteiger partial charge in [-0.1, -0.05) is 78.4 Å². The van der Waals surface area contributed by atoms with Crippen molar-refractivity contribution < 1.29 is 23.1 Å². The Bertz CT molecular complexity index is 1210. The van der Waals surface area contributed by atoms with E-state index < -0.39 is 33.7 Å². The van der Waals surface area contributed by atoms with Gasteiger partial charge in [-0.2, -0.15) is 4.31 Å². The molecule has 1 N–H and O–H groups in total. The molecule has 1 aliphatic rings. The monoisotopic (exact) mass is 465 g/mol. The van der Waals surface area contributed by atoms with E-state index in [2.05, 4.69) is 0 Å². The van der Waals surface area contributed by atoms with Gasteiger partial charge in [0.15, 0.2) is 6.04 Å². The van der Waals surface area contributed by atoms with Crippen LogP contribution in [0.15, 0.2) is 89.8 Å². The van der Waals surface area contributed by atoms with E-state index in [4.69, 9.17) is 4.74 Å². The highest BCUT2D eigenvalue weighted by Gasteiger charge is 2.59. The summed E-state index contributed by atoms with van der Waals surface area (Å²) in [5.41, 5.74) is 0.433. The summed E-state index contributed by atoms with van der Waals surface area (Å²) in [4.78, 5) is 13.5. The van der Waals surface area contributed by atoms with Gasteiger partial charge in [0.25, 0.3) is 0 Å². The van der Waals surface area contributed by atoms with Gasteiger partial charge in [0, 0.05) is 6.04 Å². The fourth-order valence-electron chi connectivity index (χ4n) is 4.43. The molecule has 0 aliphatic carbocycles. The molecule has 6 nitrogen and oxygen atoms in total. The molecule has 0 saturated carbocycles. The Morgan fingerprint density at radius 1 is 1.00 bits per heavy atom. The number of benzene rings is 3. The van der Waals surface area contributed by atoms with Gasteiger partial charge in [-0.05, 0) is 43.5 Å². The van der Waals surface area contributed by atoms with Crippen molar-refractivity contribution in [1.82, 2.24) is 4.31 Å². The van der Waals surface area contributed by atoms with Crippen molar-refractivity contribution in [3.05, 3.63) is 102 Å². The first kappa shape index (κ1) is 23.2. The van der Waals surface area contributed by atoms with Gasteiger partial charge in [-0.3, -0.25) is 4.79 Å². The lowest BCUT2D eigenvalue weighted by atomic mass is 9.85. The maximum atomic E-state index is 13.7. The zero-order valence-corrected chi connectivity index (χ0v) is 19.4. The highest BCUT2D eigenvalue weighted by molar-refractivity contribution is 7.89. The summed E-state index contributed by atoms with van der Waals surface area (Å²) in [5, 5.41) is 11.8. The minimum absolute atomic E-state index is 0.0200. The lowest BCUT2D eigenvalue weighted by Crippen LogP contribution is -2.51. The van der Waals surface area contributed by atoms with E-state index in [1.54, 1.807) is 49.4 Å². The van der Waals surface area contributed by atoms with Crippen LogP contribution in [-0.2, 0) is 31.8 Å². The number of carbonyl (C=O) groups is 1. The molecule has 172 valence electrons. The van der Waals surface area contributed by atoms with Crippen molar-refractivity contribution in [3.63, 3.8) is 0 Å². The molecule has 0 radical (unpaired) electrons. The maximum absolute atomic E-state index is 13.7. The van der Waals surface area contributed by atoms with Crippen molar-refractivity contribution in [3.8, 4) is 0 Å². The normalized spacial score (nSPS) is 23.4. The minimum Gasteiger partial charge on any atom is -0.460 e. The zero-order chi connectivity index (χ0) is 23.6. The third-order valence-corrected chi connectivity index (χ3v) is 8.06. The van der Waals surface area contributed by atoms with Crippen LogP contribution in [0.4, 0.5) is 0 Å². The van der Waals surface area contributed by atoms with Crippen molar-refractivity contribution in [2.45, 2.75) is 49.5 Å². The predicted octanol–water partition coefficient (Wildman–Crippen LogP) is 3.78. The van der Waals surface area contributed by atoms with Gasteiger partial charge >= 0.3 is 5.97 Å². The molecule has 1 saturated heterocycles. The van der Waals surface area contributed by atoms with Crippen molar-refractivity contribution >= 4 is 16.0 Å². The Morgan fingerprint density at radius 2 is 1.58 bits per heavy atom. The molecule has 3 aromatic carbocycles. The summed E-state index contributed by atoms with van der Waals surface area (Å²) in [7, 11) is -4.09. The highest BCUT2D eigenvalue weighted by atomic mass is 32.2. The molecule has 7 heteroatoms. The fourth-order valence-corrected chi connectivity index (χ4v) is 6.24. The summed E-state index contributed by atoms with van der Waals surface area (Å²) in [6.07, 6.45) is 0.0627. The lowest BCUT2D eigenvalue weighted by Gasteiger charge is -2.32. The Balaban J connectivity index is 1.75. The minimum atomic E-state index is -4.09. The van der Waals surface area contributed by atoms with Crippen LogP contribution in [0.3, 0.4) is 0 Å². The Hall–Kier alpha value is -3.00. The number of hydrogen-bond acceptors (Lipinski definition) is 5. The molecule has 3 atom stereocenters. The Labute approximate surface area is 194 Å². The molecule has 0 aromatic heterocycles. The summed E-state index contributed by atoms with van der Waals surface area (Å²) in [5.74, 6) is -0.787. The summed E-state index contributed by atoms with van der Waals surface area (Å²) < 4.78 is 34.0. The zero-order valence-electron chi connectivity index (χ0n) is 18.6. The van der Waals surface area contributed by atoms with Crippen LogP contribution in [-0.4, -0.2) is 35.9 Å². The standard InChI is InChI=1S/C26H27NO5S/c1-19-13-15-23(16-14-19)33(30,31)27-20(2)17-26(29,22-11-7-4-8-12-22)24(27)25(28)32-18-21-9-5-3-6-10-21/h3-16,20,24,29H,17-18H2,1-2H3/t20-,24-,26+/m1/s1. The van der Waals surface area contributed by atoms with Gasteiger partial charge in [-0.25, -0.2) is 8.42 Å². The third kappa shape index (κ3) is 4.44. The number of rotatable bonds is 6. The average Bonchev–Trinajstić information content (AvgIpc) is 3.11. The number of sulfonamides is 1. The molecule has 1 fully saturated rings. The summed E-state index contributed by atoms with van der Waals surface area (Å²) in [6, 6.07) is 22.2. The number of carbonyl (C=O) groups excluding carboxylic acids is 1. The van der Waals surface area contributed by atoms with Crippen LogP contribution in [0.25, 0.3) is 0 Å². The number of nitrogens with zero attached hydrogens (tertiary/aromatic N) is 1. The van der Waals surface area contributed by atoms with Gasteiger partial charge in [0.1, 0.15) is 12.2 Å². The van der Waals surface area contributed by atoms with Gasteiger partial charge < -0.3 is 9.84 Å². The molecular formula is C26H27NO5S. The number of aliphatic hydroxyl groups is 1. The number of hydrogen-bond donors (Lipinski definition) is 1. The van der Waals surface area contributed by atoms with Gasteiger partial charge in [-0.15, -0.1) is 0 Å². The van der Waals surface area contributed by atoms with Crippen LogP contribution >= 0.6 is 0 Å². The van der Waals surface area contributed by atoms with Crippen molar-refractivity contribution in [1.29, 1.82) is 0 Å². The number of aryl methyl sites for hydroxylation is 1. The first-order valence-electron chi connectivity index (χ1n) is 10.8. The van der Waals surface area contributed by atoms with E-state index in [1.807, 2.05) is 37.3 Å². The molecule has 3 aromatic rings. The largest absolute Gasteiger partial charge is 0.460 e. The van der Waals surface area contributed by atoms with E-state index in [-0.39, 0.29) is 17.9 Å². The topological polar surface area (TPSA) is 83.9 Å². The fraction of sp³-hybridized carbons (Fsp3) is 0.269. The molecule has 4 rings (SSSR count). The molecule has 0 bridgehead atoms. The Morgan fingerprint density at radius 3 is 2.18 bits per heavy atom. The van der Waals surface area contributed by atoms with Gasteiger partial charge in [0.2, 0.25) is 10.0 Å². The molecule has 0 amide bonds. The van der Waals surface area contributed by atoms with Crippen LogP contribution in [0, 0.1) is 6.92 Å². The van der Waals surface area contributed by atoms with Crippen LogP contribution in [0.1, 0.15) is 30.0 Å². The van der Waals surface area contributed by atoms with Crippen molar-refractivity contribution in [2.75, 3.05) is 0 Å². The second-order valence-corrected chi connectivity index (χ2v) is 10.3. The smallest absolute Gasteiger partial charge is 0.328 e. The molecule has 33 heavy (non-hydrogen) atoms. The molecule has 1 heterocycles. The first-order valence-corrected chi connectivity index (χ1v) is 12.3. The SMILES string of the molecule is Cc1ccc(S(=O)(=O)N2[C@H](C)C[C@](O)(c3ccccc3)[C@H]2C(=O)OCc2ccccc2)cc1. The number of esters is 1. The van der Waals surface area contributed by atoms with Gasteiger partial charge in [0.05, 0.1) is 4.90 Å². The molecule has 0 unspecified atom stereocenters. The second kappa shape index (κ2) is 9.09. The average molecular weight is 466 g/mol. The second-order valence-electron chi connectivity index (χ2n) is 8.49.